The number of unbranched alkanes of at least 4 members (excludes halogenated alkanes) is 2. The molecule has 3 rings (SSSR count). The molecule has 0 fully saturated rings. The molecule has 1 atom stereocenters. The van der Waals surface area contributed by atoms with Crippen LogP contribution in [0.3, 0.4) is 0 Å². The Bertz CT molecular complexity index is 1050. The maximum Gasteiger partial charge on any atom is 0.408 e. The first-order chi connectivity index (χ1) is 14.6. The number of nitrogens with one attached hydrogen (secondary N) is 1. The zero-order valence-corrected chi connectivity index (χ0v) is 17.4. The lowest BCUT2D eigenvalue weighted by atomic mass is 10.1. The number of ether oxygens (including phenoxy) is 1. The van der Waals surface area contributed by atoms with E-state index in [1.54, 1.807) is 0 Å². The third kappa shape index (κ3) is 4.97. The molecule has 2 aromatic heterocycles. The van der Waals surface area contributed by atoms with Gasteiger partial charge >= 0.3 is 6.18 Å². The van der Waals surface area contributed by atoms with E-state index in [2.05, 4.69) is 20.4 Å². The molecular formula is C19H19ClF5N5O. The highest BCUT2D eigenvalue weighted by atomic mass is 35.5. The van der Waals surface area contributed by atoms with E-state index < -0.39 is 46.0 Å². The Morgan fingerprint density at radius 1 is 1.16 bits per heavy atom. The molecule has 12 heteroatoms. The van der Waals surface area contributed by atoms with Crippen LogP contribution in [-0.4, -0.2) is 38.4 Å². The van der Waals surface area contributed by atoms with Gasteiger partial charge in [-0.25, -0.2) is 8.78 Å². The third-order valence-corrected chi connectivity index (χ3v) is 4.78. The summed E-state index contributed by atoms with van der Waals surface area (Å²) in [6, 6.07) is -0.184. The molecule has 0 bridgehead atoms. The normalized spacial score (nSPS) is 12.9. The van der Waals surface area contributed by atoms with E-state index in [0.29, 0.717) is 6.42 Å². The minimum atomic E-state index is -4.65. The molecule has 0 amide bonds. The molecule has 0 saturated carbocycles. The molecule has 0 aliphatic rings. The van der Waals surface area contributed by atoms with Crippen molar-refractivity contribution in [2.24, 2.45) is 0 Å². The van der Waals surface area contributed by atoms with Crippen LogP contribution >= 0.6 is 11.6 Å². The van der Waals surface area contributed by atoms with Gasteiger partial charge in [-0.15, -0.1) is 0 Å². The standard InChI is InChI=1S/C19H19ClF5N5O/c1-3-4-5-6-31-11-7-12(21)14(13(22)8-11)15-16(20)29-18-26-9-27-30(18)17(15)28-10(2)19(23,24)25/h7-10,28H,3-6H2,1-2H3/t10-/m0/s1. The van der Waals surface area contributed by atoms with Crippen molar-refractivity contribution >= 4 is 23.2 Å². The molecular weight excluding hydrogens is 445 g/mol. The molecule has 1 N–H and O–H groups in total. The predicted octanol–water partition coefficient (Wildman–Crippen LogP) is 5.65. The summed E-state index contributed by atoms with van der Waals surface area (Å²) in [4.78, 5) is 7.67. The number of halogens is 6. The molecule has 168 valence electrons. The quantitative estimate of drug-likeness (QED) is 0.265. The minimum Gasteiger partial charge on any atom is -0.493 e. The van der Waals surface area contributed by atoms with Crippen molar-refractivity contribution in [3.63, 3.8) is 0 Å². The number of aromatic nitrogens is 4. The Labute approximate surface area is 179 Å². The van der Waals surface area contributed by atoms with Crippen LogP contribution in [0.25, 0.3) is 16.9 Å². The van der Waals surface area contributed by atoms with Gasteiger partial charge in [-0.1, -0.05) is 31.4 Å². The molecule has 1 aromatic carbocycles. The van der Waals surface area contributed by atoms with Gasteiger partial charge in [-0.3, -0.25) is 0 Å². The maximum atomic E-state index is 14.9. The molecule has 2 heterocycles. The van der Waals surface area contributed by atoms with Gasteiger partial charge in [-0.05, 0) is 13.3 Å². The Balaban J connectivity index is 2.09. The first kappa shape index (κ1) is 23.0. The van der Waals surface area contributed by atoms with Crippen LogP contribution in [-0.2, 0) is 0 Å². The van der Waals surface area contributed by atoms with Gasteiger partial charge in [0.15, 0.2) is 0 Å². The highest BCUT2D eigenvalue weighted by Gasteiger charge is 2.37. The zero-order chi connectivity index (χ0) is 22.8. The summed E-state index contributed by atoms with van der Waals surface area (Å²) in [6.07, 6.45) is -1.05. The van der Waals surface area contributed by atoms with Crippen molar-refractivity contribution in [1.82, 2.24) is 19.6 Å². The number of hydrogen-bond acceptors (Lipinski definition) is 5. The average molecular weight is 464 g/mol. The average Bonchev–Trinajstić information content (AvgIpc) is 3.14. The molecule has 0 spiro atoms. The summed E-state index contributed by atoms with van der Waals surface area (Å²) in [7, 11) is 0. The van der Waals surface area contributed by atoms with Gasteiger partial charge in [-0.2, -0.15) is 32.8 Å². The highest BCUT2D eigenvalue weighted by Crippen LogP contribution is 2.39. The van der Waals surface area contributed by atoms with Crippen LogP contribution in [0, 0.1) is 11.6 Å². The molecule has 0 radical (unpaired) electrons. The predicted molar refractivity (Wildman–Crippen MR) is 105 cm³/mol. The summed E-state index contributed by atoms with van der Waals surface area (Å²) in [6.45, 7) is 3.12. The SMILES string of the molecule is CCCCCOc1cc(F)c(-c2c(Cl)nc3ncnn3c2N[C@@H](C)C(F)(F)F)c(F)c1. The molecule has 0 aliphatic heterocycles. The Morgan fingerprint density at radius 2 is 1.84 bits per heavy atom. The fourth-order valence-corrected chi connectivity index (χ4v) is 3.13. The minimum absolute atomic E-state index is 0.0427. The Hall–Kier alpha value is -2.69. The number of rotatable bonds is 8. The first-order valence-electron chi connectivity index (χ1n) is 9.48. The summed E-state index contributed by atoms with van der Waals surface area (Å²) >= 11 is 6.12. The second kappa shape index (κ2) is 9.21. The zero-order valence-electron chi connectivity index (χ0n) is 16.6. The van der Waals surface area contributed by atoms with Gasteiger partial charge < -0.3 is 10.1 Å². The van der Waals surface area contributed by atoms with Crippen LogP contribution in [0.5, 0.6) is 5.75 Å². The summed E-state index contributed by atoms with van der Waals surface area (Å²) in [5, 5.41) is 5.55. The smallest absolute Gasteiger partial charge is 0.408 e. The molecule has 0 aliphatic carbocycles. The van der Waals surface area contributed by atoms with E-state index in [9.17, 15) is 22.0 Å². The molecule has 3 aromatic rings. The van der Waals surface area contributed by atoms with E-state index in [1.165, 1.54) is 0 Å². The van der Waals surface area contributed by atoms with Crippen LogP contribution in [0.4, 0.5) is 27.8 Å². The highest BCUT2D eigenvalue weighted by molar-refractivity contribution is 6.33. The summed E-state index contributed by atoms with van der Waals surface area (Å²) in [5.41, 5.74) is -1.07. The molecule has 6 nitrogen and oxygen atoms in total. The number of benzene rings is 1. The largest absolute Gasteiger partial charge is 0.493 e. The number of fused-ring (bicyclic) bond motifs is 1. The second-order valence-electron chi connectivity index (χ2n) is 6.82. The topological polar surface area (TPSA) is 64.3 Å². The maximum absolute atomic E-state index is 14.9. The van der Waals surface area contributed by atoms with Crippen LogP contribution < -0.4 is 10.1 Å². The fraction of sp³-hybridized carbons (Fsp3) is 0.421. The van der Waals surface area contributed by atoms with E-state index in [-0.39, 0.29) is 18.1 Å². The van der Waals surface area contributed by atoms with Crippen LogP contribution in [0.1, 0.15) is 33.1 Å². The molecule has 31 heavy (non-hydrogen) atoms. The van der Waals surface area contributed by atoms with Gasteiger partial charge in [0.2, 0.25) is 0 Å². The van der Waals surface area contributed by atoms with E-state index in [1.807, 2.05) is 6.92 Å². The van der Waals surface area contributed by atoms with Crippen molar-refractivity contribution < 1.29 is 26.7 Å². The van der Waals surface area contributed by atoms with Gasteiger partial charge in [0.1, 0.15) is 40.7 Å². The van der Waals surface area contributed by atoms with Crippen LogP contribution in [0.2, 0.25) is 5.15 Å². The Kier molecular flexibility index (Phi) is 6.83. The number of nitrogens with zero attached hydrogens (tertiary/aromatic N) is 4. The molecule has 0 unspecified atom stereocenters. The van der Waals surface area contributed by atoms with Gasteiger partial charge in [0.25, 0.3) is 5.78 Å². The van der Waals surface area contributed by atoms with Crippen LogP contribution in [0.15, 0.2) is 18.5 Å². The second-order valence-corrected chi connectivity index (χ2v) is 7.18. The number of hydrogen-bond donors (Lipinski definition) is 1. The number of anilines is 1. The third-order valence-electron chi connectivity index (χ3n) is 4.51. The summed E-state index contributed by atoms with van der Waals surface area (Å²) < 4.78 is 75.6. The van der Waals surface area contributed by atoms with E-state index in [0.717, 1.165) is 42.7 Å². The fourth-order valence-electron chi connectivity index (χ4n) is 2.87. The lowest BCUT2D eigenvalue weighted by molar-refractivity contribution is -0.138. The van der Waals surface area contributed by atoms with Gasteiger partial charge in [0.05, 0.1) is 17.7 Å². The van der Waals surface area contributed by atoms with Crippen molar-refractivity contribution in [1.29, 1.82) is 0 Å². The Morgan fingerprint density at radius 3 is 2.45 bits per heavy atom. The number of alkyl halides is 3. The van der Waals surface area contributed by atoms with E-state index >= 15 is 0 Å². The van der Waals surface area contributed by atoms with Gasteiger partial charge in [0, 0.05) is 12.1 Å². The monoisotopic (exact) mass is 463 g/mol. The van der Waals surface area contributed by atoms with Crippen molar-refractivity contribution in [3.8, 4) is 16.9 Å². The first-order valence-corrected chi connectivity index (χ1v) is 9.86. The lowest BCUT2D eigenvalue weighted by Crippen LogP contribution is -2.34. The van der Waals surface area contributed by atoms with E-state index in [4.69, 9.17) is 16.3 Å². The summed E-state index contributed by atoms with van der Waals surface area (Å²) in [5.74, 6) is -2.72. The van der Waals surface area contributed by atoms with Crippen molar-refractivity contribution in [2.75, 3.05) is 11.9 Å². The molecule has 0 saturated heterocycles. The van der Waals surface area contributed by atoms with Crippen molar-refractivity contribution in [2.45, 2.75) is 45.3 Å². The van der Waals surface area contributed by atoms with Crippen molar-refractivity contribution in [3.05, 3.63) is 35.2 Å². The lowest BCUT2D eigenvalue weighted by Gasteiger charge is -2.21.